The Kier molecular flexibility index (Phi) is 6.95. The molecular formula is C27H20ClN5O4. The van der Waals surface area contributed by atoms with Crippen molar-refractivity contribution in [3.8, 4) is 11.6 Å². The molecule has 5 rings (SSSR count). The highest BCUT2D eigenvalue weighted by atomic mass is 35.5. The maximum Gasteiger partial charge on any atom is 0.278 e. The highest BCUT2D eigenvalue weighted by Gasteiger charge is 2.12. The molecule has 3 aromatic carbocycles. The summed E-state index contributed by atoms with van der Waals surface area (Å²) >= 11 is 6.02. The second-order valence-electron chi connectivity index (χ2n) is 7.91. The number of anilines is 1. The number of amides is 1. The molecule has 2 heterocycles. The lowest BCUT2D eigenvalue weighted by molar-refractivity contribution is 0.102. The molecule has 0 saturated heterocycles. The lowest BCUT2D eigenvalue weighted by Crippen LogP contribution is -2.38. The van der Waals surface area contributed by atoms with E-state index in [2.05, 4.69) is 20.4 Å². The number of ether oxygens (including phenoxy) is 1. The number of H-pyrrole nitrogens is 1. The van der Waals surface area contributed by atoms with Crippen molar-refractivity contribution in [2.45, 2.75) is 6.54 Å². The zero-order valence-corrected chi connectivity index (χ0v) is 20.1. The Labute approximate surface area is 215 Å². The van der Waals surface area contributed by atoms with Crippen LogP contribution in [-0.4, -0.2) is 20.6 Å². The minimum absolute atomic E-state index is 0.0955. The van der Waals surface area contributed by atoms with Gasteiger partial charge in [-0.3, -0.25) is 14.2 Å². The molecule has 2 N–H and O–H groups in total. The van der Waals surface area contributed by atoms with Gasteiger partial charge in [-0.1, -0.05) is 41.9 Å². The molecule has 5 aromatic rings. The van der Waals surface area contributed by atoms with Gasteiger partial charge in [0.2, 0.25) is 5.62 Å². The van der Waals surface area contributed by atoms with Crippen molar-refractivity contribution in [2.75, 3.05) is 5.32 Å². The number of hydrogen-bond acceptors (Lipinski definition) is 6. The summed E-state index contributed by atoms with van der Waals surface area (Å²) in [4.78, 5) is 33.8. The maximum atomic E-state index is 13.5. The topological polar surface area (TPSA) is 115 Å². The number of carbonyl (C=O) groups is 1. The highest BCUT2D eigenvalue weighted by molar-refractivity contribution is 6.30. The van der Waals surface area contributed by atoms with Crippen LogP contribution in [0.25, 0.3) is 0 Å². The van der Waals surface area contributed by atoms with Crippen molar-refractivity contribution in [3.63, 3.8) is 0 Å². The molecule has 0 spiro atoms. The molecule has 0 atom stereocenters. The predicted molar refractivity (Wildman–Crippen MR) is 138 cm³/mol. The molecule has 0 aliphatic rings. The molecule has 0 aliphatic carbocycles. The first-order chi connectivity index (χ1) is 18.0. The van der Waals surface area contributed by atoms with Crippen LogP contribution in [0, 0.1) is 0 Å². The van der Waals surface area contributed by atoms with Gasteiger partial charge in [-0.15, -0.1) is 0 Å². The quantitative estimate of drug-likeness (QED) is 0.312. The van der Waals surface area contributed by atoms with E-state index in [1.54, 1.807) is 66.7 Å². The summed E-state index contributed by atoms with van der Waals surface area (Å²) in [6.07, 6.45) is 2.85. The normalized spacial score (nSPS) is 11.3. The summed E-state index contributed by atoms with van der Waals surface area (Å²) in [6.45, 7) is 0.202. The summed E-state index contributed by atoms with van der Waals surface area (Å²) < 4.78 is 11.8. The Morgan fingerprint density at radius 1 is 1.03 bits per heavy atom. The fourth-order valence-corrected chi connectivity index (χ4v) is 3.62. The lowest BCUT2D eigenvalue weighted by Gasteiger charge is -2.11. The first kappa shape index (κ1) is 23.8. The van der Waals surface area contributed by atoms with Gasteiger partial charge in [-0.05, 0) is 59.3 Å². The van der Waals surface area contributed by atoms with Gasteiger partial charge >= 0.3 is 0 Å². The van der Waals surface area contributed by atoms with Gasteiger partial charge in [0.25, 0.3) is 17.3 Å². The van der Waals surface area contributed by atoms with Crippen LogP contribution in [-0.2, 0) is 6.54 Å². The largest absolute Gasteiger partial charge is 0.436 e. The number of nitrogens with zero attached hydrogens (tertiary/aromatic N) is 3. The van der Waals surface area contributed by atoms with Crippen LogP contribution in [0.2, 0.25) is 5.02 Å². The van der Waals surface area contributed by atoms with Gasteiger partial charge in [-0.25, -0.2) is 4.99 Å². The number of aromatic nitrogens is 3. The SMILES string of the molecule is O=C(Nc1c[nH]/c(=N\c2ccc(Oc3ccon3)cc2)n(Cc2ccc(Cl)cc2)c1=O)c1ccccc1. The molecule has 0 aliphatic heterocycles. The van der Waals surface area contributed by atoms with Crippen LogP contribution in [0.1, 0.15) is 15.9 Å². The summed E-state index contributed by atoms with van der Waals surface area (Å²) in [6, 6.07) is 24.3. The lowest BCUT2D eigenvalue weighted by atomic mass is 10.2. The molecule has 184 valence electrons. The van der Waals surface area contributed by atoms with Crippen molar-refractivity contribution in [2.24, 2.45) is 4.99 Å². The van der Waals surface area contributed by atoms with Crippen molar-refractivity contribution in [1.29, 1.82) is 0 Å². The average Bonchev–Trinajstić information content (AvgIpc) is 3.43. The first-order valence-electron chi connectivity index (χ1n) is 11.2. The fraction of sp³-hybridized carbons (Fsp3) is 0.0370. The van der Waals surface area contributed by atoms with Gasteiger partial charge in [0, 0.05) is 22.8 Å². The van der Waals surface area contributed by atoms with Crippen molar-refractivity contribution in [1.82, 2.24) is 14.7 Å². The monoisotopic (exact) mass is 513 g/mol. The summed E-state index contributed by atoms with van der Waals surface area (Å²) in [5.74, 6) is 0.494. The molecule has 0 unspecified atom stereocenters. The standard InChI is InChI=1S/C27H20ClN5O4/c28-20-8-6-18(7-9-20)17-33-26(35)23(31-25(34)19-4-2-1-3-5-19)16-29-27(33)30-21-10-12-22(13-11-21)37-24-14-15-36-32-24/h1-16H,17H2,(H,29,30)(H,31,34). The van der Waals surface area contributed by atoms with Crippen LogP contribution < -0.4 is 21.2 Å². The van der Waals surface area contributed by atoms with Gasteiger partial charge in [-0.2, -0.15) is 0 Å². The third-order valence-electron chi connectivity index (χ3n) is 5.32. The minimum Gasteiger partial charge on any atom is -0.436 e. The maximum absolute atomic E-state index is 13.5. The van der Waals surface area contributed by atoms with E-state index in [1.165, 1.54) is 17.0 Å². The van der Waals surface area contributed by atoms with E-state index in [0.717, 1.165) is 5.56 Å². The summed E-state index contributed by atoms with van der Waals surface area (Å²) in [5.41, 5.74) is 1.82. The molecule has 10 heteroatoms. The van der Waals surface area contributed by atoms with Crippen LogP contribution in [0.3, 0.4) is 0 Å². The second-order valence-corrected chi connectivity index (χ2v) is 8.35. The first-order valence-corrected chi connectivity index (χ1v) is 11.6. The number of benzene rings is 3. The molecule has 0 radical (unpaired) electrons. The third-order valence-corrected chi connectivity index (χ3v) is 5.58. The van der Waals surface area contributed by atoms with Crippen LogP contribution in [0.15, 0.2) is 112 Å². The molecule has 0 saturated carbocycles. The van der Waals surface area contributed by atoms with E-state index in [4.69, 9.17) is 20.9 Å². The molecular weight excluding hydrogens is 494 g/mol. The van der Waals surface area contributed by atoms with E-state index in [0.29, 0.717) is 33.5 Å². The van der Waals surface area contributed by atoms with Crippen molar-refractivity contribution >= 4 is 28.9 Å². The van der Waals surface area contributed by atoms with Crippen molar-refractivity contribution in [3.05, 3.63) is 130 Å². The second kappa shape index (κ2) is 10.8. The average molecular weight is 514 g/mol. The van der Waals surface area contributed by atoms with Crippen LogP contribution >= 0.6 is 11.6 Å². The van der Waals surface area contributed by atoms with E-state index in [1.807, 2.05) is 18.2 Å². The number of carbonyl (C=O) groups excluding carboxylic acids is 1. The van der Waals surface area contributed by atoms with Gasteiger partial charge in [0.15, 0.2) is 0 Å². The van der Waals surface area contributed by atoms with Gasteiger partial charge < -0.3 is 19.6 Å². The van der Waals surface area contributed by atoms with Gasteiger partial charge in [0.05, 0.1) is 12.2 Å². The number of nitrogens with one attached hydrogen (secondary N) is 2. The molecule has 9 nitrogen and oxygen atoms in total. The number of halogens is 1. The Bertz CT molecular complexity index is 1630. The van der Waals surface area contributed by atoms with E-state index < -0.39 is 11.5 Å². The molecule has 1 amide bonds. The Morgan fingerprint density at radius 3 is 2.49 bits per heavy atom. The number of aromatic amines is 1. The predicted octanol–water partition coefficient (Wildman–Crippen LogP) is 5.14. The Balaban J connectivity index is 1.49. The summed E-state index contributed by atoms with van der Waals surface area (Å²) in [5, 5.41) is 6.99. The fourth-order valence-electron chi connectivity index (χ4n) is 3.49. The third kappa shape index (κ3) is 5.85. The zero-order chi connectivity index (χ0) is 25.6. The Hall–Kier alpha value is -4.89. The number of rotatable bonds is 7. The number of hydrogen-bond donors (Lipinski definition) is 2. The Morgan fingerprint density at radius 2 is 1.78 bits per heavy atom. The molecule has 0 fully saturated rings. The zero-order valence-electron chi connectivity index (χ0n) is 19.3. The van der Waals surface area contributed by atoms with E-state index in [-0.39, 0.29) is 12.2 Å². The van der Waals surface area contributed by atoms with Crippen LogP contribution in [0.5, 0.6) is 11.6 Å². The van der Waals surface area contributed by atoms with E-state index in [9.17, 15) is 9.59 Å². The molecule has 2 aromatic heterocycles. The minimum atomic E-state index is -0.414. The summed E-state index contributed by atoms with van der Waals surface area (Å²) in [7, 11) is 0. The van der Waals surface area contributed by atoms with Gasteiger partial charge in [0.1, 0.15) is 17.7 Å². The van der Waals surface area contributed by atoms with Crippen LogP contribution in [0.4, 0.5) is 11.4 Å². The highest BCUT2D eigenvalue weighted by Crippen LogP contribution is 2.22. The van der Waals surface area contributed by atoms with Crippen molar-refractivity contribution < 1.29 is 14.1 Å². The smallest absolute Gasteiger partial charge is 0.278 e. The molecule has 37 heavy (non-hydrogen) atoms. The van der Waals surface area contributed by atoms with E-state index >= 15 is 0 Å². The molecule has 0 bridgehead atoms.